The van der Waals surface area contributed by atoms with Crippen LogP contribution in [0.1, 0.15) is 5.56 Å². The van der Waals surface area contributed by atoms with Crippen molar-refractivity contribution in [3.05, 3.63) is 78.4 Å². The number of carbonyl (C=O) groups excluding carboxylic acids is 1. The Balaban J connectivity index is 1.50. The minimum Gasteiger partial charge on any atom is -0.493 e. The number of aryl methyl sites for hydroxylation is 1. The van der Waals surface area contributed by atoms with Gasteiger partial charge in [0, 0.05) is 0 Å². The fourth-order valence-electron chi connectivity index (χ4n) is 2.75. The summed E-state index contributed by atoms with van der Waals surface area (Å²) < 4.78 is 22.3. The monoisotopic (exact) mass is 407 g/mol. The maximum absolute atomic E-state index is 12.4. The molecule has 156 valence electrons. The van der Waals surface area contributed by atoms with E-state index in [-0.39, 0.29) is 12.5 Å². The van der Waals surface area contributed by atoms with Crippen LogP contribution in [0.4, 0.5) is 5.69 Å². The summed E-state index contributed by atoms with van der Waals surface area (Å²) in [7, 11) is 1.57. The number of hydrogen-bond donors (Lipinski definition) is 1. The average Bonchev–Trinajstić information content (AvgIpc) is 2.77. The van der Waals surface area contributed by atoms with Crippen LogP contribution in [0, 0.1) is 6.92 Å². The molecule has 0 unspecified atom stereocenters. The van der Waals surface area contributed by atoms with Crippen LogP contribution in [0.3, 0.4) is 0 Å². The van der Waals surface area contributed by atoms with Crippen molar-refractivity contribution >= 4 is 11.6 Å². The second-order valence-corrected chi connectivity index (χ2v) is 6.50. The summed E-state index contributed by atoms with van der Waals surface area (Å²) in [6.07, 6.45) is 0. The second-order valence-electron chi connectivity index (χ2n) is 6.50. The lowest BCUT2D eigenvalue weighted by Gasteiger charge is -2.14. The van der Waals surface area contributed by atoms with E-state index in [4.69, 9.17) is 18.9 Å². The van der Waals surface area contributed by atoms with E-state index in [1.807, 2.05) is 61.5 Å². The molecule has 0 radical (unpaired) electrons. The average molecular weight is 407 g/mol. The van der Waals surface area contributed by atoms with Gasteiger partial charge in [0.05, 0.1) is 12.8 Å². The Morgan fingerprint density at radius 2 is 1.53 bits per heavy atom. The smallest absolute Gasteiger partial charge is 0.262 e. The fraction of sp³-hybridized carbons (Fsp3) is 0.208. The molecule has 0 spiro atoms. The summed E-state index contributed by atoms with van der Waals surface area (Å²) in [6.45, 7) is 2.55. The zero-order valence-corrected chi connectivity index (χ0v) is 17.1. The molecule has 1 amide bonds. The molecule has 6 nitrogen and oxygen atoms in total. The number of methoxy groups -OCH3 is 1. The van der Waals surface area contributed by atoms with Crippen molar-refractivity contribution in [3.8, 4) is 23.0 Å². The van der Waals surface area contributed by atoms with Gasteiger partial charge in [-0.2, -0.15) is 0 Å². The summed E-state index contributed by atoms with van der Waals surface area (Å²) in [5.41, 5.74) is 1.62. The van der Waals surface area contributed by atoms with Crippen LogP contribution in [0.2, 0.25) is 0 Å². The highest BCUT2D eigenvalue weighted by Crippen LogP contribution is 2.28. The Labute approximate surface area is 176 Å². The first-order chi connectivity index (χ1) is 14.7. The van der Waals surface area contributed by atoms with E-state index in [0.29, 0.717) is 36.1 Å². The third kappa shape index (κ3) is 6.17. The summed E-state index contributed by atoms with van der Waals surface area (Å²) in [5.74, 6) is 2.15. The first-order valence-corrected chi connectivity index (χ1v) is 9.62. The van der Waals surface area contributed by atoms with E-state index < -0.39 is 0 Å². The molecule has 3 rings (SSSR count). The predicted octanol–water partition coefficient (Wildman–Crippen LogP) is 4.48. The molecule has 0 saturated heterocycles. The van der Waals surface area contributed by atoms with Gasteiger partial charge in [0.2, 0.25) is 0 Å². The zero-order valence-electron chi connectivity index (χ0n) is 17.1. The Hall–Kier alpha value is -3.67. The van der Waals surface area contributed by atoms with Crippen LogP contribution in [-0.4, -0.2) is 32.8 Å². The Bertz CT molecular complexity index is 959. The highest BCUT2D eigenvalue weighted by molar-refractivity contribution is 5.93. The van der Waals surface area contributed by atoms with Crippen molar-refractivity contribution in [1.29, 1.82) is 0 Å². The molecule has 1 N–H and O–H groups in total. The summed E-state index contributed by atoms with van der Waals surface area (Å²) >= 11 is 0. The summed E-state index contributed by atoms with van der Waals surface area (Å²) in [6, 6.07) is 22.3. The molecule has 3 aromatic carbocycles. The van der Waals surface area contributed by atoms with E-state index in [9.17, 15) is 4.79 Å². The maximum atomic E-state index is 12.4. The lowest BCUT2D eigenvalue weighted by molar-refractivity contribution is -0.118. The second kappa shape index (κ2) is 10.8. The van der Waals surface area contributed by atoms with Gasteiger partial charge in [0.15, 0.2) is 18.1 Å². The lowest BCUT2D eigenvalue weighted by atomic mass is 10.2. The minimum absolute atomic E-state index is 0.148. The Kier molecular flexibility index (Phi) is 7.55. The fourth-order valence-corrected chi connectivity index (χ4v) is 2.75. The lowest BCUT2D eigenvalue weighted by Crippen LogP contribution is -2.21. The number of amides is 1. The number of anilines is 1. The molecular formula is C24H25NO5. The van der Waals surface area contributed by atoms with Gasteiger partial charge in [-0.3, -0.25) is 4.79 Å². The molecule has 3 aromatic rings. The molecule has 0 aliphatic carbocycles. The molecule has 0 aliphatic rings. The van der Waals surface area contributed by atoms with E-state index in [1.165, 1.54) is 0 Å². The number of para-hydroxylation sites is 3. The van der Waals surface area contributed by atoms with Crippen LogP contribution in [0.5, 0.6) is 23.0 Å². The standard InChI is InChI=1S/C24H25NO5/c1-18-12-13-22(23(16-18)27-2)30-17-24(26)25-20-10-6-7-11-21(20)29-15-14-28-19-8-4-3-5-9-19/h3-13,16H,14-15,17H2,1-2H3,(H,25,26). The van der Waals surface area contributed by atoms with Crippen LogP contribution in [0.25, 0.3) is 0 Å². The first-order valence-electron chi connectivity index (χ1n) is 9.62. The van der Waals surface area contributed by atoms with Gasteiger partial charge >= 0.3 is 0 Å². The van der Waals surface area contributed by atoms with Crippen molar-refractivity contribution in [2.24, 2.45) is 0 Å². The zero-order chi connectivity index (χ0) is 21.2. The number of nitrogens with one attached hydrogen (secondary N) is 1. The topological polar surface area (TPSA) is 66.0 Å². The molecule has 0 aliphatic heterocycles. The van der Waals surface area contributed by atoms with Gasteiger partial charge in [-0.05, 0) is 48.9 Å². The highest BCUT2D eigenvalue weighted by Gasteiger charge is 2.11. The Morgan fingerprint density at radius 3 is 2.33 bits per heavy atom. The van der Waals surface area contributed by atoms with Gasteiger partial charge in [-0.15, -0.1) is 0 Å². The van der Waals surface area contributed by atoms with E-state index >= 15 is 0 Å². The van der Waals surface area contributed by atoms with Crippen LogP contribution < -0.4 is 24.3 Å². The van der Waals surface area contributed by atoms with Gasteiger partial charge < -0.3 is 24.3 Å². The number of hydrogen-bond acceptors (Lipinski definition) is 5. The maximum Gasteiger partial charge on any atom is 0.262 e. The van der Waals surface area contributed by atoms with E-state index in [2.05, 4.69) is 5.32 Å². The molecule has 0 atom stereocenters. The van der Waals surface area contributed by atoms with Gasteiger partial charge in [0.1, 0.15) is 24.7 Å². The number of benzene rings is 3. The van der Waals surface area contributed by atoms with Crippen molar-refractivity contribution in [1.82, 2.24) is 0 Å². The summed E-state index contributed by atoms with van der Waals surface area (Å²) in [5, 5.41) is 2.82. The number of carbonyl (C=O) groups is 1. The Morgan fingerprint density at radius 1 is 0.800 bits per heavy atom. The third-order valence-corrected chi connectivity index (χ3v) is 4.19. The number of rotatable bonds is 10. The SMILES string of the molecule is COc1cc(C)ccc1OCC(=O)Nc1ccccc1OCCOc1ccccc1. The van der Waals surface area contributed by atoms with Crippen molar-refractivity contribution in [2.45, 2.75) is 6.92 Å². The molecule has 0 fully saturated rings. The molecule has 0 aromatic heterocycles. The van der Waals surface area contributed by atoms with Gasteiger partial charge in [-0.25, -0.2) is 0 Å². The largest absolute Gasteiger partial charge is 0.493 e. The molecule has 6 heteroatoms. The van der Waals surface area contributed by atoms with Crippen LogP contribution >= 0.6 is 0 Å². The summed E-state index contributed by atoms with van der Waals surface area (Å²) in [4.78, 5) is 12.4. The van der Waals surface area contributed by atoms with Crippen LogP contribution in [-0.2, 0) is 4.79 Å². The van der Waals surface area contributed by atoms with Gasteiger partial charge in [0.25, 0.3) is 5.91 Å². The van der Waals surface area contributed by atoms with Crippen LogP contribution in [0.15, 0.2) is 72.8 Å². The molecule has 0 saturated carbocycles. The molecule has 0 heterocycles. The molecule has 0 bridgehead atoms. The van der Waals surface area contributed by atoms with E-state index in [0.717, 1.165) is 11.3 Å². The first kappa shape index (κ1) is 21.0. The molecule has 30 heavy (non-hydrogen) atoms. The van der Waals surface area contributed by atoms with E-state index in [1.54, 1.807) is 25.3 Å². The van der Waals surface area contributed by atoms with Crippen molar-refractivity contribution in [2.75, 3.05) is 32.2 Å². The quantitative estimate of drug-likeness (QED) is 0.502. The normalized spacial score (nSPS) is 10.2. The molecular weight excluding hydrogens is 382 g/mol. The highest BCUT2D eigenvalue weighted by atomic mass is 16.5. The predicted molar refractivity (Wildman–Crippen MR) is 116 cm³/mol. The van der Waals surface area contributed by atoms with Crippen molar-refractivity contribution in [3.63, 3.8) is 0 Å². The van der Waals surface area contributed by atoms with Gasteiger partial charge in [-0.1, -0.05) is 36.4 Å². The minimum atomic E-state index is -0.297. The number of ether oxygens (including phenoxy) is 4. The van der Waals surface area contributed by atoms with Crippen molar-refractivity contribution < 1.29 is 23.7 Å². The third-order valence-electron chi connectivity index (χ3n) is 4.19.